The van der Waals surface area contributed by atoms with Gasteiger partial charge in [0, 0.05) is 6.04 Å². The zero-order valence-corrected chi connectivity index (χ0v) is 8.05. The lowest BCUT2D eigenvalue weighted by Crippen LogP contribution is -2.40. The maximum absolute atomic E-state index is 10.4. The summed E-state index contributed by atoms with van der Waals surface area (Å²) in [6.45, 7) is 1.92. The smallest absolute Gasteiger partial charge is 0.216 e. The molecule has 1 fully saturated rings. The third-order valence-electron chi connectivity index (χ3n) is 2.93. The molecule has 1 saturated carbocycles. The first kappa shape index (κ1) is 9.72. The van der Waals surface area contributed by atoms with E-state index in [1.165, 1.54) is 32.1 Å². The van der Waals surface area contributed by atoms with Crippen molar-refractivity contribution in [3.8, 4) is 0 Å². The summed E-state index contributed by atoms with van der Waals surface area (Å²) in [5, 5.41) is 0. The van der Waals surface area contributed by atoms with Gasteiger partial charge in [0.2, 0.25) is 6.29 Å². The van der Waals surface area contributed by atoms with Gasteiger partial charge in [-0.05, 0) is 26.8 Å². The highest BCUT2D eigenvalue weighted by Gasteiger charge is 2.21. The molecule has 0 N–H and O–H groups in total. The number of nitrogens with zero attached hydrogens (tertiary/aromatic N) is 1. The van der Waals surface area contributed by atoms with E-state index in [0.717, 1.165) is 0 Å². The molecule has 2 heteroatoms. The third-order valence-corrected chi connectivity index (χ3v) is 2.93. The lowest BCUT2D eigenvalue weighted by atomic mass is 9.94. The number of rotatable bonds is 3. The predicted molar refractivity (Wildman–Crippen MR) is 49.8 cm³/mol. The molecule has 69 valence electrons. The van der Waals surface area contributed by atoms with E-state index < -0.39 is 0 Å². The normalized spacial score (nSPS) is 22.6. The molecule has 1 aliphatic carbocycles. The van der Waals surface area contributed by atoms with Gasteiger partial charge in [-0.2, -0.15) is 0 Å². The van der Waals surface area contributed by atoms with Crippen molar-refractivity contribution in [1.82, 2.24) is 4.90 Å². The van der Waals surface area contributed by atoms with Crippen LogP contribution in [0.2, 0.25) is 0 Å². The Balaban J connectivity index is 2.38. The Labute approximate surface area is 74.9 Å². The zero-order chi connectivity index (χ0) is 8.97. The van der Waals surface area contributed by atoms with Crippen molar-refractivity contribution in [2.45, 2.75) is 51.1 Å². The fraction of sp³-hybridized carbons (Fsp3) is 0.900. The fourth-order valence-corrected chi connectivity index (χ4v) is 1.89. The number of carbonyl (C=O) groups excluding carboxylic acids is 1. The van der Waals surface area contributed by atoms with E-state index >= 15 is 0 Å². The Morgan fingerprint density at radius 3 is 2.42 bits per heavy atom. The molecule has 0 spiro atoms. The minimum Gasteiger partial charge on any atom is -0.293 e. The highest BCUT2D eigenvalue weighted by atomic mass is 16.1. The van der Waals surface area contributed by atoms with E-state index in [0.29, 0.717) is 6.04 Å². The second-order valence-corrected chi connectivity index (χ2v) is 3.75. The Morgan fingerprint density at radius 2 is 1.92 bits per heavy atom. The van der Waals surface area contributed by atoms with Gasteiger partial charge in [-0.3, -0.25) is 9.69 Å². The van der Waals surface area contributed by atoms with Crippen LogP contribution < -0.4 is 0 Å². The summed E-state index contributed by atoms with van der Waals surface area (Å²) in [6.07, 6.45) is 8.55. The zero-order valence-electron chi connectivity index (χ0n) is 8.05. The average molecular weight is 168 g/mol. The molecule has 0 aromatic carbocycles. The van der Waals surface area contributed by atoms with Crippen LogP contribution in [-0.4, -0.2) is 30.3 Å². The monoisotopic (exact) mass is 168 g/mol. The van der Waals surface area contributed by atoms with Crippen LogP contribution in [0.3, 0.4) is 0 Å². The Hall–Kier alpha value is -0.370. The van der Waals surface area contributed by atoms with E-state index in [9.17, 15) is 4.79 Å². The molecular formula is C10H18NO. The summed E-state index contributed by atoms with van der Waals surface area (Å²) in [5.74, 6) is 0. The Morgan fingerprint density at radius 1 is 1.33 bits per heavy atom. The van der Waals surface area contributed by atoms with Crippen LogP contribution in [0.5, 0.6) is 0 Å². The lowest BCUT2D eigenvalue weighted by Gasteiger charge is -2.32. The van der Waals surface area contributed by atoms with Gasteiger partial charge in [0.1, 0.15) is 0 Å². The second-order valence-electron chi connectivity index (χ2n) is 3.75. The maximum Gasteiger partial charge on any atom is 0.216 e. The van der Waals surface area contributed by atoms with Gasteiger partial charge in [0.05, 0.1) is 6.04 Å². The van der Waals surface area contributed by atoms with E-state index in [-0.39, 0.29) is 6.04 Å². The summed E-state index contributed by atoms with van der Waals surface area (Å²) in [4.78, 5) is 12.6. The van der Waals surface area contributed by atoms with Crippen molar-refractivity contribution >= 4 is 6.29 Å². The summed E-state index contributed by atoms with van der Waals surface area (Å²) < 4.78 is 0. The molecule has 0 aromatic rings. The third kappa shape index (κ3) is 2.31. The van der Waals surface area contributed by atoms with Gasteiger partial charge in [-0.25, -0.2) is 0 Å². The van der Waals surface area contributed by atoms with Gasteiger partial charge in [0.15, 0.2) is 0 Å². The quantitative estimate of drug-likeness (QED) is 0.640. The van der Waals surface area contributed by atoms with Gasteiger partial charge in [0.25, 0.3) is 0 Å². The molecule has 2 nitrogen and oxygen atoms in total. The van der Waals surface area contributed by atoms with Crippen molar-refractivity contribution in [1.29, 1.82) is 0 Å². The first-order valence-electron chi connectivity index (χ1n) is 4.85. The van der Waals surface area contributed by atoms with Gasteiger partial charge in [-0.1, -0.05) is 19.3 Å². The summed E-state index contributed by atoms with van der Waals surface area (Å²) >= 11 is 0. The van der Waals surface area contributed by atoms with Crippen molar-refractivity contribution in [2.24, 2.45) is 0 Å². The molecule has 1 radical (unpaired) electrons. The first-order chi connectivity index (χ1) is 5.75. The average Bonchev–Trinajstić information content (AvgIpc) is 2.17. The van der Waals surface area contributed by atoms with Crippen LogP contribution in [0.1, 0.15) is 39.0 Å². The summed E-state index contributed by atoms with van der Waals surface area (Å²) in [5.41, 5.74) is 0. The molecule has 1 rings (SSSR count). The minimum absolute atomic E-state index is 0.0342. The van der Waals surface area contributed by atoms with Crippen LogP contribution in [0.4, 0.5) is 0 Å². The second kappa shape index (κ2) is 4.61. The molecule has 0 saturated heterocycles. The molecule has 0 heterocycles. The van der Waals surface area contributed by atoms with E-state index in [1.54, 1.807) is 0 Å². The van der Waals surface area contributed by atoms with Crippen LogP contribution in [0.15, 0.2) is 0 Å². The van der Waals surface area contributed by atoms with Crippen molar-refractivity contribution in [2.75, 3.05) is 7.05 Å². The first-order valence-corrected chi connectivity index (χ1v) is 4.85. The Kier molecular flexibility index (Phi) is 3.73. The molecule has 1 atom stereocenters. The SMILES string of the molecule is C[C@@H]([C]=O)N(C)C1CCCCC1. The van der Waals surface area contributed by atoms with Crippen LogP contribution >= 0.6 is 0 Å². The van der Waals surface area contributed by atoms with Crippen molar-refractivity contribution in [3.63, 3.8) is 0 Å². The largest absolute Gasteiger partial charge is 0.293 e. The van der Waals surface area contributed by atoms with Gasteiger partial charge < -0.3 is 0 Å². The topological polar surface area (TPSA) is 20.3 Å². The van der Waals surface area contributed by atoms with Crippen LogP contribution in [-0.2, 0) is 4.79 Å². The lowest BCUT2D eigenvalue weighted by molar-refractivity contribution is 0.174. The number of likely N-dealkylation sites (N-methyl/N-ethyl adjacent to an activating group) is 1. The molecule has 0 bridgehead atoms. The van der Waals surface area contributed by atoms with Gasteiger partial charge >= 0.3 is 0 Å². The molecular weight excluding hydrogens is 150 g/mol. The standard InChI is InChI=1S/C10H18NO/c1-9(8-12)11(2)10-6-4-3-5-7-10/h9-10H,3-7H2,1-2H3/t9-/m0/s1. The van der Waals surface area contributed by atoms with E-state index in [4.69, 9.17) is 0 Å². The number of hydrogen-bond acceptors (Lipinski definition) is 2. The molecule has 0 amide bonds. The van der Waals surface area contributed by atoms with Crippen molar-refractivity contribution in [3.05, 3.63) is 0 Å². The van der Waals surface area contributed by atoms with Crippen molar-refractivity contribution < 1.29 is 4.79 Å². The highest BCUT2D eigenvalue weighted by Crippen LogP contribution is 2.22. The fourth-order valence-electron chi connectivity index (χ4n) is 1.89. The molecule has 0 unspecified atom stereocenters. The molecule has 1 aliphatic rings. The molecule has 0 aliphatic heterocycles. The minimum atomic E-state index is -0.0342. The summed E-state index contributed by atoms with van der Waals surface area (Å²) in [6, 6.07) is 0.586. The van der Waals surface area contributed by atoms with E-state index in [2.05, 4.69) is 4.90 Å². The molecule has 12 heavy (non-hydrogen) atoms. The highest BCUT2D eigenvalue weighted by molar-refractivity contribution is 5.57. The predicted octanol–water partition coefficient (Wildman–Crippen LogP) is 1.75. The van der Waals surface area contributed by atoms with Gasteiger partial charge in [-0.15, -0.1) is 0 Å². The maximum atomic E-state index is 10.4. The van der Waals surface area contributed by atoms with Crippen LogP contribution in [0.25, 0.3) is 0 Å². The summed E-state index contributed by atoms with van der Waals surface area (Å²) in [7, 11) is 2.03. The van der Waals surface area contributed by atoms with Crippen LogP contribution in [0, 0.1) is 0 Å². The van der Waals surface area contributed by atoms with E-state index in [1.807, 2.05) is 20.3 Å². The Bertz CT molecular complexity index is 141. The number of hydrogen-bond donors (Lipinski definition) is 0. The molecule has 0 aromatic heterocycles.